The van der Waals surface area contributed by atoms with Gasteiger partial charge in [-0.3, -0.25) is 4.79 Å². The highest BCUT2D eigenvalue weighted by Gasteiger charge is 2.44. The topological polar surface area (TPSA) is 147 Å². The van der Waals surface area contributed by atoms with Crippen molar-refractivity contribution in [1.82, 2.24) is 5.32 Å². The summed E-state index contributed by atoms with van der Waals surface area (Å²) in [5.74, 6) is 1.96. The van der Waals surface area contributed by atoms with E-state index in [0.717, 1.165) is 5.56 Å². The molecule has 0 saturated heterocycles. The smallest absolute Gasteiger partial charge is 0.252 e. The minimum Gasteiger partial charge on any atom is -0.494 e. The Morgan fingerprint density at radius 1 is 1.10 bits per heavy atom. The number of carbonyl (C=O) groups excluding carboxylic acids is 1. The van der Waals surface area contributed by atoms with Crippen LogP contribution in [-0.4, -0.2) is 49.1 Å². The molecule has 3 aromatic carbocycles. The largest absolute Gasteiger partial charge is 0.494 e. The zero-order chi connectivity index (χ0) is 27.1. The monoisotopic (exact) mass is 529 g/mol. The van der Waals surface area contributed by atoms with E-state index in [9.17, 15) is 4.79 Å². The van der Waals surface area contributed by atoms with Crippen LogP contribution in [0.15, 0.2) is 76.8 Å². The summed E-state index contributed by atoms with van der Waals surface area (Å²) >= 11 is 0. The van der Waals surface area contributed by atoms with E-state index in [1.165, 1.54) is 0 Å². The SMILES string of the molecule is [N-]=[N+]=Nc1ccccc1C[C@]1(C(=O)NCc2ccc3c(c2)OCO3)COC(c2ccc(OCCCO)cc2)=N1. The van der Waals surface area contributed by atoms with Gasteiger partial charge in [0.05, 0.1) is 6.61 Å². The maximum absolute atomic E-state index is 13.7. The van der Waals surface area contributed by atoms with E-state index in [1.807, 2.05) is 42.5 Å². The second-order valence-electron chi connectivity index (χ2n) is 9.05. The third-order valence-electron chi connectivity index (χ3n) is 6.38. The van der Waals surface area contributed by atoms with Gasteiger partial charge in [0.15, 0.2) is 17.0 Å². The molecule has 11 heteroatoms. The number of aliphatic hydroxyl groups is 1. The van der Waals surface area contributed by atoms with Gasteiger partial charge in [-0.25, -0.2) is 4.99 Å². The molecule has 2 aliphatic heterocycles. The second-order valence-corrected chi connectivity index (χ2v) is 9.05. The summed E-state index contributed by atoms with van der Waals surface area (Å²) in [6.45, 7) is 0.896. The summed E-state index contributed by atoms with van der Waals surface area (Å²) < 4.78 is 22.4. The third-order valence-corrected chi connectivity index (χ3v) is 6.38. The van der Waals surface area contributed by atoms with Crippen molar-refractivity contribution in [3.63, 3.8) is 0 Å². The summed E-state index contributed by atoms with van der Waals surface area (Å²) in [6.07, 6.45) is 0.708. The van der Waals surface area contributed by atoms with E-state index in [-0.39, 0.29) is 38.9 Å². The maximum Gasteiger partial charge on any atom is 0.252 e. The highest BCUT2D eigenvalue weighted by Crippen LogP contribution is 2.33. The van der Waals surface area contributed by atoms with E-state index >= 15 is 0 Å². The fourth-order valence-electron chi connectivity index (χ4n) is 4.35. The number of fused-ring (bicyclic) bond motifs is 1. The van der Waals surface area contributed by atoms with E-state index in [0.29, 0.717) is 53.0 Å². The molecule has 2 heterocycles. The van der Waals surface area contributed by atoms with Crippen LogP contribution in [-0.2, 0) is 22.5 Å². The van der Waals surface area contributed by atoms with Crippen molar-refractivity contribution in [3.8, 4) is 17.2 Å². The minimum absolute atomic E-state index is 0.00859. The Balaban J connectivity index is 1.40. The van der Waals surface area contributed by atoms with E-state index < -0.39 is 5.54 Å². The van der Waals surface area contributed by atoms with Crippen LogP contribution in [0.1, 0.15) is 23.1 Å². The van der Waals surface area contributed by atoms with Gasteiger partial charge in [0.2, 0.25) is 12.7 Å². The Bertz CT molecular complexity index is 1420. The Hall–Kier alpha value is -4.73. The van der Waals surface area contributed by atoms with Crippen molar-refractivity contribution in [2.75, 3.05) is 26.6 Å². The second kappa shape index (κ2) is 11.8. The number of ether oxygens (including phenoxy) is 4. The molecule has 1 atom stereocenters. The van der Waals surface area contributed by atoms with Gasteiger partial charge < -0.3 is 29.4 Å². The average molecular weight is 530 g/mol. The minimum atomic E-state index is -1.29. The number of nitrogens with zero attached hydrogens (tertiary/aromatic N) is 4. The number of benzene rings is 3. The molecule has 0 fully saturated rings. The molecule has 2 N–H and O–H groups in total. The normalized spacial score (nSPS) is 17.1. The first kappa shape index (κ1) is 25.9. The molecule has 0 unspecified atom stereocenters. The highest BCUT2D eigenvalue weighted by molar-refractivity contribution is 6.00. The van der Waals surface area contributed by atoms with Crippen LogP contribution in [0.3, 0.4) is 0 Å². The summed E-state index contributed by atoms with van der Waals surface area (Å²) in [6, 6.07) is 19.8. The zero-order valence-corrected chi connectivity index (χ0v) is 21.1. The fourth-order valence-corrected chi connectivity index (χ4v) is 4.35. The van der Waals surface area contributed by atoms with Crippen LogP contribution in [0.5, 0.6) is 17.2 Å². The molecule has 0 bridgehead atoms. The molecule has 1 amide bonds. The molecule has 11 nitrogen and oxygen atoms in total. The van der Waals surface area contributed by atoms with Crippen LogP contribution in [0, 0.1) is 0 Å². The van der Waals surface area contributed by atoms with E-state index in [1.54, 1.807) is 24.3 Å². The Morgan fingerprint density at radius 2 is 1.92 bits per heavy atom. The van der Waals surface area contributed by atoms with Crippen molar-refractivity contribution >= 4 is 17.5 Å². The van der Waals surface area contributed by atoms with Crippen LogP contribution < -0.4 is 19.5 Å². The predicted octanol–water partition coefficient (Wildman–Crippen LogP) is 4.19. The number of hydrogen-bond donors (Lipinski definition) is 2. The van der Waals surface area contributed by atoms with Crippen LogP contribution in [0.25, 0.3) is 10.4 Å². The molecule has 2 aliphatic rings. The summed E-state index contributed by atoms with van der Waals surface area (Å²) in [5, 5.41) is 15.7. The Morgan fingerprint density at radius 3 is 2.74 bits per heavy atom. The molecule has 0 radical (unpaired) electrons. The molecule has 200 valence electrons. The molecule has 5 rings (SSSR count). The lowest BCUT2D eigenvalue weighted by Crippen LogP contribution is -2.48. The first-order valence-corrected chi connectivity index (χ1v) is 12.5. The summed E-state index contributed by atoms with van der Waals surface area (Å²) in [5.41, 5.74) is 10.4. The van der Waals surface area contributed by atoms with Crippen molar-refractivity contribution in [2.24, 2.45) is 10.1 Å². The molecule has 0 aromatic heterocycles. The van der Waals surface area contributed by atoms with Gasteiger partial charge in [0.1, 0.15) is 12.4 Å². The van der Waals surface area contributed by atoms with Gasteiger partial charge in [0.25, 0.3) is 5.91 Å². The molecule has 39 heavy (non-hydrogen) atoms. The van der Waals surface area contributed by atoms with Gasteiger partial charge >= 0.3 is 0 Å². The highest BCUT2D eigenvalue weighted by atomic mass is 16.7. The van der Waals surface area contributed by atoms with Crippen molar-refractivity contribution in [1.29, 1.82) is 0 Å². The van der Waals surface area contributed by atoms with Gasteiger partial charge in [-0.15, -0.1) is 0 Å². The number of carbonyl (C=O) groups is 1. The number of aliphatic hydroxyl groups excluding tert-OH is 1. The van der Waals surface area contributed by atoms with E-state index in [4.69, 9.17) is 34.6 Å². The quantitative estimate of drug-likeness (QED) is 0.165. The van der Waals surface area contributed by atoms with Crippen LogP contribution >= 0.6 is 0 Å². The lowest BCUT2D eigenvalue weighted by Gasteiger charge is -2.24. The molecular formula is C28H27N5O6. The Labute approximate surface area is 224 Å². The molecule has 3 aromatic rings. The predicted molar refractivity (Wildman–Crippen MR) is 142 cm³/mol. The van der Waals surface area contributed by atoms with Crippen molar-refractivity contribution < 1.29 is 28.8 Å². The average Bonchev–Trinajstić information content (AvgIpc) is 3.61. The lowest BCUT2D eigenvalue weighted by atomic mass is 9.90. The lowest BCUT2D eigenvalue weighted by molar-refractivity contribution is -0.126. The number of hydrogen-bond acceptors (Lipinski definition) is 8. The maximum atomic E-state index is 13.7. The molecule has 0 spiro atoms. The van der Waals surface area contributed by atoms with Crippen molar-refractivity contribution in [3.05, 3.63) is 93.9 Å². The van der Waals surface area contributed by atoms with Crippen LogP contribution in [0.4, 0.5) is 5.69 Å². The summed E-state index contributed by atoms with van der Waals surface area (Å²) in [7, 11) is 0. The number of aliphatic imine (C=N–C) groups is 1. The van der Waals surface area contributed by atoms with Gasteiger partial charge in [-0.2, -0.15) is 0 Å². The first-order chi connectivity index (χ1) is 19.1. The zero-order valence-electron chi connectivity index (χ0n) is 21.1. The first-order valence-electron chi connectivity index (χ1n) is 12.5. The Kier molecular flexibility index (Phi) is 7.81. The molecule has 0 saturated carbocycles. The number of azide groups is 1. The molecule has 0 aliphatic carbocycles. The fraction of sp³-hybridized carbons (Fsp3) is 0.286. The van der Waals surface area contributed by atoms with Crippen molar-refractivity contribution in [2.45, 2.75) is 24.9 Å². The molecular weight excluding hydrogens is 502 g/mol. The van der Waals surface area contributed by atoms with Gasteiger partial charge in [0, 0.05) is 42.2 Å². The van der Waals surface area contributed by atoms with Gasteiger partial charge in [-0.1, -0.05) is 35.4 Å². The third kappa shape index (κ3) is 5.90. The number of amides is 1. The van der Waals surface area contributed by atoms with E-state index in [2.05, 4.69) is 15.3 Å². The standard InChI is InChI=1S/C28H27N5O6/c29-33-32-23-5-2-1-4-21(23)15-28(27(35)30-16-19-6-11-24-25(14-19)39-18-38-24)17-37-26(31-28)20-7-9-22(10-8-20)36-13-3-12-34/h1-2,4-11,14,34H,3,12-13,15-18H2,(H,30,35)/t28-/m1/s1. The summed E-state index contributed by atoms with van der Waals surface area (Å²) in [4.78, 5) is 21.4. The van der Waals surface area contributed by atoms with Gasteiger partial charge in [-0.05, 0) is 53.1 Å². The number of rotatable bonds is 11. The number of nitrogens with one attached hydrogen (secondary N) is 1. The van der Waals surface area contributed by atoms with Crippen LogP contribution in [0.2, 0.25) is 0 Å².